The lowest BCUT2D eigenvalue weighted by Gasteiger charge is -2.30. The van der Waals surface area contributed by atoms with Crippen LogP contribution in [0.1, 0.15) is 188 Å². The molecule has 0 aliphatic carbocycles. The summed E-state index contributed by atoms with van der Waals surface area (Å²) in [6.07, 6.45) is 37.5. The highest BCUT2D eigenvalue weighted by Gasteiger charge is 2.23. The number of aryl methyl sites for hydroxylation is 1. The zero-order valence-corrected chi connectivity index (χ0v) is 26.8. The van der Waals surface area contributed by atoms with Crippen molar-refractivity contribution in [1.82, 2.24) is 15.0 Å². The molecule has 1 heterocycles. The van der Waals surface area contributed by atoms with E-state index in [1.165, 1.54) is 147 Å². The summed E-state index contributed by atoms with van der Waals surface area (Å²) in [7, 11) is 0. The monoisotopic (exact) mass is 530 g/mol. The highest BCUT2D eigenvalue weighted by Crippen LogP contribution is 2.37. The molecule has 222 valence electrons. The molecule has 0 saturated heterocycles. The number of hydrogen-bond donors (Lipinski definition) is 0. The molecular weight excluding hydrogens is 462 g/mol. The molecule has 0 N–H and O–H groups in total. The van der Waals surface area contributed by atoms with Gasteiger partial charge in [0.1, 0.15) is 0 Å². The second-order valence-corrected chi connectivity index (χ2v) is 13.0. The average Bonchev–Trinajstić information content (AvgIpc) is 3.36. The van der Waals surface area contributed by atoms with Crippen molar-refractivity contribution in [2.45, 2.75) is 189 Å². The number of aromatic nitrogens is 3. The van der Waals surface area contributed by atoms with Crippen molar-refractivity contribution < 1.29 is 0 Å². The molecule has 1 aromatic rings. The Labute approximate surface area is 239 Å². The van der Waals surface area contributed by atoms with Crippen LogP contribution in [-0.4, -0.2) is 15.0 Å². The second-order valence-electron chi connectivity index (χ2n) is 13.0. The smallest absolute Gasteiger partial charge is 0.0729 e. The van der Waals surface area contributed by atoms with Gasteiger partial charge < -0.3 is 0 Å². The molecule has 0 amide bonds. The zero-order chi connectivity index (χ0) is 28.0. The molecule has 1 unspecified atom stereocenters. The first-order chi connectivity index (χ1) is 18.4. The highest BCUT2D eigenvalue weighted by atomic mass is 15.4. The zero-order valence-electron chi connectivity index (χ0n) is 26.8. The summed E-state index contributed by atoms with van der Waals surface area (Å²) in [5.41, 5.74) is 2.07. The van der Waals surface area contributed by atoms with Crippen molar-refractivity contribution in [3.05, 3.63) is 18.0 Å². The Balaban J connectivity index is 2.66. The Kier molecular flexibility index (Phi) is 19.9. The minimum Gasteiger partial charge on any atom is -0.225 e. The average molecular weight is 530 g/mol. The fourth-order valence-corrected chi connectivity index (χ4v) is 6.04. The van der Waals surface area contributed by atoms with Gasteiger partial charge in [-0.2, -0.15) is 0 Å². The summed E-state index contributed by atoms with van der Waals surface area (Å²) in [4.78, 5) is 0. The summed E-state index contributed by atoms with van der Waals surface area (Å²) in [6.45, 7) is 14.3. The van der Waals surface area contributed by atoms with Crippen LogP contribution in [-0.2, 0) is 6.42 Å². The summed E-state index contributed by atoms with van der Waals surface area (Å²) in [6, 6.07) is 0. The van der Waals surface area contributed by atoms with Crippen LogP contribution >= 0.6 is 0 Å². The third-order valence-electron chi connectivity index (χ3n) is 8.95. The number of unbranched alkanes of at least 4 members (excludes halogenated alkanes) is 12. The lowest BCUT2D eigenvalue weighted by Crippen LogP contribution is -2.17. The van der Waals surface area contributed by atoms with Crippen LogP contribution in [0.4, 0.5) is 0 Å². The number of hydrogen-bond acceptors (Lipinski definition) is 2. The molecule has 0 aliphatic rings. The van der Waals surface area contributed by atoms with E-state index in [9.17, 15) is 0 Å². The van der Waals surface area contributed by atoms with Crippen LogP contribution in [0, 0.1) is 10.8 Å². The second kappa shape index (κ2) is 21.7. The molecular formula is C35H67N3. The molecule has 38 heavy (non-hydrogen) atoms. The highest BCUT2D eigenvalue weighted by molar-refractivity contribution is 5.26. The molecule has 3 nitrogen and oxygen atoms in total. The van der Waals surface area contributed by atoms with E-state index in [4.69, 9.17) is 0 Å². The van der Waals surface area contributed by atoms with E-state index in [0.717, 1.165) is 6.42 Å². The van der Waals surface area contributed by atoms with Crippen molar-refractivity contribution >= 4 is 6.20 Å². The standard InChI is InChI=1S/C35H67N3/c1-7-11-15-20-26-34(5,25-19-14-10-4)29-23-18-24-33-32-36-37-38(33)31-30-35(6,27-21-16-12-8-2)28-22-17-13-9-3/h30-32H,7-29H2,1-6H3/b31-30+. The topological polar surface area (TPSA) is 30.7 Å². The Morgan fingerprint density at radius 2 is 1.05 bits per heavy atom. The maximum Gasteiger partial charge on any atom is 0.0729 e. The first-order valence-electron chi connectivity index (χ1n) is 17.0. The fourth-order valence-electron chi connectivity index (χ4n) is 6.04. The van der Waals surface area contributed by atoms with Crippen molar-refractivity contribution in [3.8, 4) is 0 Å². The summed E-state index contributed by atoms with van der Waals surface area (Å²) >= 11 is 0. The molecule has 0 saturated carbocycles. The Bertz CT molecular complexity index is 679. The van der Waals surface area contributed by atoms with E-state index in [-0.39, 0.29) is 5.41 Å². The van der Waals surface area contributed by atoms with Crippen molar-refractivity contribution in [3.63, 3.8) is 0 Å². The molecule has 3 heteroatoms. The minimum atomic E-state index is 0.267. The van der Waals surface area contributed by atoms with Crippen molar-refractivity contribution in [2.24, 2.45) is 10.8 Å². The first-order valence-corrected chi connectivity index (χ1v) is 17.0. The van der Waals surface area contributed by atoms with Crippen LogP contribution in [0.2, 0.25) is 0 Å². The van der Waals surface area contributed by atoms with Gasteiger partial charge in [-0.25, -0.2) is 4.68 Å². The van der Waals surface area contributed by atoms with Gasteiger partial charge in [0.05, 0.1) is 11.9 Å². The molecule has 1 rings (SSSR count). The van der Waals surface area contributed by atoms with Gasteiger partial charge in [0, 0.05) is 6.20 Å². The number of rotatable bonds is 26. The van der Waals surface area contributed by atoms with E-state index in [2.05, 4.69) is 68.8 Å². The largest absolute Gasteiger partial charge is 0.225 e. The normalized spacial score (nSPS) is 13.9. The van der Waals surface area contributed by atoms with Gasteiger partial charge in [0.2, 0.25) is 0 Å². The molecule has 0 aliphatic heterocycles. The lowest BCUT2D eigenvalue weighted by atomic mass is 9.76. The van der Waals surface area contributed by atoms with Crippen LogP contribution in [0.25, 0.3) is 6.20 Å². The van der Waals surface area contributed by atoms with E-state index in [1.54, 1.807) is 0 Å². The third kappa shape index (κ3) is 16.1. The van der Waals surface area contributed by atoms with Crippen LogP contribution < -0.4 is 0 Å². The molecule has 0 radical (unpaired) electrons. The van der Waals surface area contributed by atoms with E-state index in [1.807, 2.05) is 6.20 Å². The first kappa shape index (κ1) is 34.9. The lowest BCUT2D eigenvalue weighted by molar-refractivity contribution is 0.224. The van der Waals surface area contributed by atoms with E-state index < -0.39 is 0 Å². The predicted molar refractivity (Wildman–Crippen MR) is 170 cm³/mol. The SMILES string of the molecule is CCCCCCC(C)(/C=C/n1nncc1CCCCC(C)(CCCCC)CCCCCC)CCCCCC. The Hall–Kier alpha value is -1.12. The summed E-state index contributed by atoms with van der Waals surface area (Å²) < 4.78 is 2.07. The van der Waals surface area contributed by atoms with Gasteiger partial charge in [-0.05, 0) is 55.8 Å². The number of nitrogens with zero attached hydrogens (tertiary/aromatic N) is 3. The predicted octanol–water partition coefficient (Wildman–Crippen LogP) is 12.0. The molecule has 1 atom stereocenters. The van der Waals surface area contributed by atoms with Crippen LogP contribution in [0.15, 0.2) is 12.3 Å². The molecule has 0 aromatic carbocycles. The van der Waals surface area contributed by atoms with Gasteiger partial charge >= 0.3 is 0 Å². The van der Waals surface area contributed by atoms with Crippen LogP contribution in [0.3, 0.4) is 0 Å². The van der Waals surface area contributed by atoms with Gasteiger partial charge in [0.25, 0.3) is 0 Å². The minimum absolute atomic E-state index is 0.267. The Morgan fingerprint density at radius 1 is 0.605 bits per heavy atom. The van der Waals surface area contributed by atoms with E-state index >= 15 is 0 Å². The maximum atomic E-state index is 4.45. The molecule has 0 spiro atoms. The molecule has 0 fully saturated rings. The molecule has 1 aromatic heterocycles. The quantitative estimate of drug-likeness (QED) is 0.112. The van der Waals surface area contributed by atoms with Gasteiger partial charge in [-0.3, -0.25) is 0 Å². The van der Waals surface area contributed by atoms with Gasteiger partial charge in [-0.15, -0.1) is 5.10 Å². The van der Waals surface area contributed by atoms with Crippen LogP contribution in [0.5, 0.6) is 0 Å². The van der Waals surface area contributed by atoms with Gasteiger partial charge in [-0.1, -0.05) is 156 Å². The summed E-state index contributed by atoms with van der Waals surface area (Å²) in [5.74, 6) is 0. The Morgan fingerprint density at radius 3 is 1.58 bits per heavy atom. The number of allylic oxidation sites excluding steroid dienone is 1. The molecule has 0 bridgehead atoms. The van der Waals surface area contributed by atoms with Gasteiger partial charge in [0.15, 0.2) is 0 Å². The van der Waals surface area contributed by atoms with Crippen molar-refractivity contribution in [1.29, 1.82) is 0 Å². The summed E-state index contributed by atoms with van der Waals surface area (Å²) in [5, 5.41) is 8.75. The van der Waals surface area contributed by atoms with Crippen molar-refractivity contribution in [2.75, 3.05) is 0 Å². The maximum absolute atomic E-state index is 4.45. The van der Waals surface area contributed by atoms with E-state index in [0.29, 0.717) is 5.41 Å². The third-order valence-corrected chi connectivity index (χ3v) is 8.95. The fraction of sp³-hybridized carbons (Fsp3) is 0.886.